The Morgan fingerprint density at radius 2 is 2.04 bits per heavy atom. The second-order valence-electron chi connectivity index (χ2n) is 6.80. The number of nitrogens with one attached hydrogen (secondary N) is 1. The van der Waals surface area contributed by atoms with Crippen molar-refractivity contribution in [3.63, 3.8) is 0 Å². The molecule has 1 aliphatic rings. The first-order valence-corrected chi connectivity index (χ1v) is 10.1. The highest BCUT2D eigenvalue weighted by atomic mass is 35.5. The molecule has 1 amide bonds. The van der Waals surface area contributed by atoms with Gasteiger partial charge in [0.15, 0.2) is 0 Å². The van der Waals surface area contributed by atoms with E-state index >= 15 is 0 Å². The van der Waals surface area contributed by atoms with Crippen LogP contribution in [-0.4, -0.2) is 29.6 Å². The monoisotopic (exact) mass is 416 g/mol. The minimum absolute atomic E-state index is 0.0971. The van der Waals surface area contributed by atoms with Gasteiger partial charge in [0.2, 0.25) is 0 Å². The first-order valence-electron chi connectivity index (χ1n) is 8.87. The fourth-order valence-corrected chi connectivity index (χ4v) is 4.77. The Kier molecular flexibility index (Phi) is 5.96. The fraction of sp³-hybridized carbons (Fsp3) is 0.300. The van der Waals surface area contributed by atoms with Crippen LogP contribution in [0.15, 0.2) is 47.1 Å². The van der Waals surface area contributed by atoms with Gasteiger partial charge in [-0.15, -0.1) is 16.2 Å². The lowest BCUT2D eigenvalue weighted by Crippen LogP contribution is -2.44. The number of nitrogens with zero attached hydrogens (tertiary/aromatic N) is 2. The smallest absolute Gasteiger partial charge is 0.254 e. The maximum Gasteiger partial charge on any atom is 0.254 e. The van der Waals surface area contributed by atoms with Gasteiger partial charge in [-0.25, -0.2) is 0 Å². The summed E-state index contributed by atoms with van der Waals surface area (Å²) in [6, 6.07) is 9.00. The molecule has 146 valence electrons. The molecule has 1 saturated heterocycles. The Bertz CT molecular complexity index is 945. The van der Waals surface area contributed by atoms with Crippen molar-refractivity contribution >= 4 is 40.1 Å². The molecule has 1 aromatic carbocycles. The van der Waals surface area contributed by atoms with Crippen molar-refractivity contribution in [1.82, 2.24) is 4.90 Å². The largest absolute Gasteiger partial charge is 0.404 e. The number of amides is 1. The average molecular weight is 417 g/mol. The van der Waals surface area contributed by atoms with E-state index in [4.69, 9.17) is 22.7 Å². The lowest BCUT2D eigenvalue weighted by molar-refractivity contribution is 0.0670. The number of rotatable bonds is 5. The number of hydrogen-bond donors (Lipinski definition) is 2. The summed E-state index contributed by atoms with van der Waals surface area (Å²) in [4.78, 5) is 27.1. The molecule has 0 saturated carbocycles. The number of halogens is 1. The molecule has 28 heavy (non-hydrogen) atoms. The normalized spacial score (nSPS) is 16.6. The van der Waals surface area contributed by atoms with Gasteiger partial charge in [-0.3, -0.25) is 4.79 Å². The van der Waals surface area contributed by atoms with E-state index in [1.54, 1.807) is 29.3 Å². The predicted molar refractivity (Wildman–Crippen MR) is 114 cm³/mol. The number of carbonyl (C=O) groups is 1. The van der Waals surface area contributed by atoms with E-state index in [1.165, 1.54) is 17.5 Å². The molecule has 3 N–H and O–H groups in total. The SMILES string of the molecule is CC(=N)/C(=C\N)c1cc(C(=O)N2CCC(N=O)(c3ccccc3Cl)CC2)cs1. The molecule has 6 nitrogen and oxygen atoms in total. The van der Waals surface area contributed by atoms with Crippen molar-refractivity contribution in [1.29, 1.82) is 5.41 Å². The van der Waals surface area contributed by atoms with E-state index in [2.05, 4.69) is 5.18 Å². The maximum atomic E-state index is 12.9. The van der Waals surface area contributed by atoms with E-state index < -0.39 is 5.54 Å². The molecule has 0 spiro atoms. The highest BCUT2D eigenvalue weighted by Crippen LogP contribution is 2.40. The minimum Gasteiger partial charge on any atom is -0.404 e. The highest BCUT2D eigenvalue weighted by Gasteiger charge is 2.40. The Balaban J connectivity index is 1.75. The topological polar surface area (TPSA) is 99.6 Å². The summed E-state index contributed by atoms with van der Waals surface area (Å²) >= 11 is 7.66. The molecule has 8 heteroatoms. The molecule has 1 aromatic heterocycles. The van der Waals surface area contributed by atoms with Gasteiger partial charge in [-0.2, -0.15) is 0 Å². The molecule has 0 aliphatic carbocycles. The molecule has 2 aromatic rings. The summed E-state index contributed by atoms with van der Waals surface area (Å²) < 4.78 is 0. The molecule has 1 aliphatic heterocycles. The molecule has 0 unspecified atom stereocenters. The number of allylic oxidation sites excluding steroid dienone is 1. The van der Waals surface area contributed by atoms with Gasteiger partial charge in [0.1, 0.15) is 5.54 Å². The third-order valence-electron chi connectivity index (χ3n) is 5.11. The number of thiophene rings is 1. The fourth-order valence-electron chi connectivity index (χ4n) is 3.49. The van der Waals surface area contributed by atoms with Gasteiger partial charge < -0.3 is 16.0 Å². The van der Waals surface area contributed by atoms with E-state index in [1.807, 2.05) is 18.2 Å². The van der Waals surface area contributed by atoms with Crippen molar-refractivity contribution in [2.45, 2.75) is 25.3 Å². The van der Waals surface area contributed by atoms with Crippen LogP contribution in [0.25, 0.3) is 5.57 Å². The zero-order chi connectivity index (χ0) is 20.3. The van der Waals surface area contributed by atoms with Gasteiger partial charge in [-0.1, -0.05) is 35.0 Å². The van der Waals surface area contributed by atoms with Crippen LogP contribution >= 0.6 is 22.9 Å². The molecule has 1 fully saturated rings. The van der Waals surface area contributed by atoms with Crippen LogP contribution < -0.4 is 5.73 Å². The van der Waals surface area contributed by atoms with Crippen molar-refractivity contribution < 1.29 is 4.79 Å². The number of carbonyl (C=O) groups excluding carboxylic acids is 1. The summed E-state index contributed by atoms with van der Waals surface area (Å²) in [7, 11) is 0. The third-order valence-corrected chi connectivity index (χ3v) is 6.40. The molecular weight excluding hydrogens is 396 g/mol. The van der Waals surface area contributed by atoms with Crippen LogP contribution in [0.5, 0.6) is 0 Å². The van der Waals surface area contributed by atoms with Crippen LogP contribution in [0.2, 0.25) is 5.02 Å². The lowest BCUT2D eigenvalue weighted by Gasteiger charge is -2.37. The van der Waals surface area contributed by atoms with Crippen LogP contribution in [0.1, 0.15) is 40.6 Å². The number of piperidine rings is 1. The Morgan fingerprint density at radius 3 is 2.61 bits per heavy atom. The molecule has 0 bridgehead atoms. The van der Waals surface area contributed by atoms with Crippen LogP contribution in [0, 0.1) is 10.3 Å². The van der Waals surface area contributed by atoms with Crippen molar-refractivity contribution in [3.05, 3.63) is 67.8 Å². The number of nitrogens with two attached hydrogens (primary N) is 1. The summed E-state index contributed by atoms with van der Waals surface area (Å²) in [6.45, 7) is 2.50. The van der Waals surface area contributed by atoms with Gasteiger partial charge in [0.25, 0.3) is 5.91 Å². The third kappa shape index (κ3) is 3.72. The van der Waals surface area contributed by atoms with Crippen LogP contribution in [-0.2, 0) is 5.54 Å². The van der Waals surface area contributed by atoms with E-state index in [0.717, 1.165) is 10.4 Å². The first kappa shape index (κ1) is 20.2. The zero-order valence-corrected chi connectivity index (χ0v) is 17.0. The molecule has 3 rings (SSSR count). The number of benzene rings is 1. The average Bonchev–Trinajstić information content (AvgIpc) is 3.18. The van der Waals surface area contributed by atoms with E-state index in [0.29, 0.717) is 47.8 Å². The summed E-state index contributed by atoms with van der Waals surface area (Å²) in [5.74, 6) is -0.0971. The van der Waals surface area contributed by atoms with Gasteiger partial charge in [-0.05, 0) is 31.9 Å². The second-order valence-corrected chi connectivity index (χ2v) is 8.12. The van der Waals surface area contributed by atoms with Crippen molar-refractivity contribution in [2.75, 3.05) is 13.1 Å². The van der Waals surface area contributed by atoms with Gasteiger partial charge in [0.05, 0.1) is 5.56 Å². The predicted octanol–water partition coefficient (Wildman–Crippen LogP) is 4.64. The summed E-state index contributed by atoms with van der Waals surface area (Å²) in [5, 5.41) is 13.5. The first-order chi connectivity index (χ1) is 13.4. The summed E-state index contributed by atoms with van der Waals surface area (Å²) in [5.41, 5.74) is 6.95. The quantitative estimate of drug-likeness (QED) is 0.548. The molecule has 2 heterocycles. The van der Waals surface area contributed by atoms with Gasteiger partial charge >= 0.3 is 0 Å². The van der Waals surface area contributed by atoms with Crippen LogP contribution in [0.3, 0.4) is 0 Å². The number of hydrogen-bond acceptors (Lipinski definition) is 6. The molecular formula is C20H21ClN4O2S. The number of likely N-dealkylation sites (tertiary alicyclic amines) is 1. The Hall–Kier alpha value is -2.51. The second kappa shape index (κ2) is 8.24. The Morgan fingerprint density at radius 1 is 1.36 bits per heavy atom. The molecule has 0 radical (unpaired) electrons. The maximum absolute atomic E-state index is 12.9. The van der Waals surface area contributed by atoms with Gasteiger partial charge in [0, 0.05) is 51.4 Å². The Labute approximate surface area is 172 Å². The number of nitroso groups, excluding NO2 is 1. The zero-order valence-electron chi connectivity index (χ0n) is 15.4. The van der Waals surface area contributed by atoms with Crippen LogP contribution in [0.4, 0.5) is 0 Å². The molecule has 0 atom stereocenters. The van der Waals surface area contributed by atoms with Crippen molar-refractivity contribution in [2.24, 2.45) is 10.9 Å². The lowest BCUT2D eigenvalue weighted by atomic mass is 9.81. The standard InChI is InChI=1S/C20H21ClN4O2S/c1-13(23)15(11-22)18-10-14(12-28-18)19(26)25-8-6-20(24-27,7-9-25)16-4-2-3-5-17(16)21/h2-5,10-12,23H,6-9,22H2,1H3/b15-11+,23-13?. The summed E-state index contributed by atoms with van der Waals surface area (Å²) in [6.07, 6.45) is 2.24. The minimum atomic E-state index is -0.901. The van der Waals surface area contributed by atoms with E-state index in [-0.39, 0.29) is 5.91 Å². The van der Waals surface area contributed by atoms with Crippen molar-refractivity contribution in [3.8, 4) is 0 Å². The highest BCUT2D eigenvalue weighted by molar-refractivity contribution is 7.11. The van der Waals surface area contributed by atoms with E-state index in [9.17, 15) is 9.70 Å².